The number of aliphatic hydroxyl groups excluding tert-OH is 2. The zero-order valence-electron chi connectivity index (χ0n) is 7.14. The molecule has 1 heterocycles. The number of carbonyl (C=O) groups is 1. The fraction of sp³-hybridized carbons (Fsp3) is 0.714. The molecule has 1 aliphatic heterocycles. The third kappa shape index (κ3) is 2.16. The van der Waals surface area contributed by atoms with Gasteiger partial charge in [-0.05, 0) is 6.92 Å². The van der Waals surface area contributed by atoms with E-state index in [1.165, 1.54) is 0 Å². The Morgan fingerprint density at radius 2 is 2.46 bits per heavy atom. The van der Waals surface area contributed by atoms with Crippen LogP contribution in [0.5, 0.6) is 0 Å². The molecule has 74 valence electrons. The van der Waals surface area contributed by atoms with Gasteiger partial charge in [0.05, 0.1) is 6.61 Å². The summed E-state index contributed by atoms with van der Waals surface area (Å²) in [5, 5.41) is 21.7. The molecule has 0 fully saturated rings. The molecule has 1 aliphatic rings. The molecular weight excluding hydrogens is 178 g/mol. The number of aliphatic hydroxyl groups is 2. The number of hydrogen-bond acceptors (Lipinski definition) is 6. The lowest BCUT2D eigenvalue weighted by Crippen LogP contribution is -2.44. The van der Waals surface area contributed by atoms with Crippen LogP contribution in [0.1, 0.15) is 6.92 Å². The smallest absolute Gasteiger partial charge is 0.358 e. The summed E-state index contributed by atoms with van der Waals surface area (Å²) in [6, 6.07) is 0. The topological polar surface area (TPSA) is 88.4 Å². The van der Waals surface area contributed by atoms with Gasteiger partial charge in [0.2, 0.25) is 0 Å². The summed E-state index contributed by atoms with van der Waals surface area (Å²) in [5.41, 5.74) is -0.291. The number of esters is 1. The lowest BCUT2D eigenvalue weighted by atomic mass is 10.1. The second-order valence-corrected chi connectivity index (χ2v) is 2.50. The van der Waals surface area contributed by atoms with Gasteiger partial charge in [0.1, 0.15) is 18.8 Å². The second kappa shape index (κ2) is 4.20. The van der Waals surface area contributed by atoms with E-state index < -0.39 is 18.2 Å². The molecule has 1 rings (SSSR count). The summed E-state index contributed by atoms with van der Waals surface area (Å²) in [6.45, 7) is 1.69. The summed E-state index contributed by atoms with van der Waals surface area (Å²) < 4.78 is 4.58. The Hall–Kier alpha value is -1.14. The van der Waals surface area contributed by atoms with Gasteiger partial charge in [-0.1, -0.05) is 5.16 Å². The van der Waals surface area contributed by atoms with Crippen molar-refractivity contribution in [3.8, 4) is 0 Å². The van der Waals surface area contributed by atoms with Crippen molar-refractivity contribution >= 4 is 11.7 Å². The predicted octanol–water partition coefficient (Wildman–Crippen LogP) is -1.34. The molecule has 0 saturated heterocycles. The molecule has 0 aromatic rings. The van der Waals surface area contributed by atoms with E-state index in [0.717, 1.165) is 0 Å². The Morgan fingerprint density at radius 3 is 3.08 bits per heavy atom. The average Bonchev–Trinajstić information content (AvgIpc) is 2.10. The van der Waals surface area contributed by atoms with Gasteiger partial charge in [0, 0.05) is 0 Å². The van der Waals surface area contributed by atoms with Gasteiger partial charge in [0.25, 0.3) is 0 Å². The van der Waals surface area contributed by atoms with Crippen LogP contribution in [0.2, 0.25) is 0 Å². The standard InChI is InChI=1S/C7H11NO5/c1-2-12-7(11)5-6(10)4(9)3-13-8-5/h4,6,9-10H,2-3H2,1H3/t4-,6-/m1/s1. The van der Waals surface area contributed by atoms with E-state index in [9.17, 15) is 9.90 Å². The van der Waals surface area contributed by atoms with Gasteiger partial charge >= 0.3 is 5.97 Å². The summed E-state index contributed by atoms with van der Waals surface area (Å²) >= 11 is 0. The molecule has 2 atom stereocenters. The fourth-order valence-corrected chi connectivity index (χ4v) is 0.874. The van der Waals surface area contributed by atoms with Crippen molar-refractivity contribution in [1.82, 2.24) is 0 Å². The van der Waals surface area contributed by atoms with Crippen LogP contribution in [0.25, 0.3) is 0 Å². The van der Waals surface area contributed by atoms with Crippen LogP contribution < -0.4 is 0 Å². The molecule has 0 amide bonds. The van der Waals surface area contributed by atoms with E-state index in [2.05, 4.69) is 14.7 Å². The summed E-state index contributed by atoms with van der Waals surface area (Å²) in [7, 11) is 0. The first kappa shape index (κ1) is 9.94. The van der Waals surface area contributed by atoms with Gasteiger partial charge < -0.3 is 19.8 Å². The first-order valence-corrected chi connectivity index (χ1v) is 3.90. The highest BCUT2D eigenvalue weighted by Gasteiger charge is 2.33. The lowest BCUT2D eigenvalue weighted by molar-refractivity contribution is -0.137. The van der Waals surface area contributed by atoms with Crippen LogP contribution in [0.3, 0.4) is 0 Å². The lowest BCUT2D eigenvalue weighted by Gasteiger charge is -2.21. The highest BCUT2D eigenvalue weighted by molar-refractivity contribution is 6.38. The second-order valence-electron chi connectivity index (χ2n) is 2.50. The third-order valence-corrected chi connectivity index (χ3v) is 1.54. The van der Waals surface area contributed by atoms with Crippen LogP contribution in [-0.2, 0) is 14.4 Å². The largest absolute Gasteiger partial charge is 0.461 e. The van der Waals surface area contributed by atoms with Crippen LogP contribution in [0.4, 0.5) is 0 Å². The summed E-state index contributed by atoms with van der Waals surface area (Å²) in [4.78, 5) is 15.6. The number of rotatable bonds is 2. The minimum atomic E-state index is -1.33. The van der Waals surface area contributed by atoms with Crippen LogP contribution in [0, 0.1) is 0 Å². The van der Waals surface area contributed by atoms with Crippen LogP contribution in [0.15, 0.2) is 5.16 Å². The molecule has 0 aliphatic carbocycles. The third-order valence-electron chi connectivity index (χ3n) is 1.54. The molecule has 0 radical (unpaired) electrons. The van der Waals surface area contributed by atoms with Crippen molar-refractivity contribution in [2.75, 3.05) is 13.2 Å². The van der Waals surface area contributed by atoms with Crippen LogP contribution >= 0.6 is 0 Å². The molecule has 0 saturated carbocycles. The van der Waals surface area contributed by atoms with Gasteiger partial charge in [-0.15, -0.1) is 0 Å². The molecule has 0 unspecified atom stereocenters. The molecule has 6 heteroatoms. The molecule has 2 N–H and O–H groups in total. The molecule has 6 nitrogen and oxygen atoms in total. The zero-order valence-corrected chi connectivity index (χ0v) is 7.14. The first-order chi connectivity index (χ1) is 6.16. The molecule has 0 aromatic carbocycles. The number of ether oxygens (including phenoxy) is 1. The van der Waals surface area contributed by atoms with Gasteiger partial charge in [0.15, 0.2) is 5.71 Å². The van der Waals surface area contributed by atoms with Crippen molar-refractivity contribution in [3.63, 3.8) is 0 Å². The number of oxime groups is 1. The number of hydrogen-bond donors (Lipinski definition) is 2. The van der Waals surface area contributed by atoms with Gasteiger partial charge in [-0.25, -0.2) is 4.79 Å². The SMILES string of the molecule is CCOC(=O)C1=NOC[C@@H](O)[C@H]1O. The highest BCUT2D eigenvalue weighted by atomic mass is 16.6. The first-order valence-electron chi connectivity index (χ1n) is 3.90. The fourth-order valence-electron chi connectivity index (χ4n) is 0.874. The van der Waals surface area contributed by atoms with E-state index in [1.807, 2.05) is 0 Å². The van der Waals surface area contributed by atoms with Gasteiger partial charge in [-0.2, -0.15) is 0 Å². The number of carbonyl (C=O) groups excluding carboxylic acids is 1. The van der Waals surface area contributed by atoms with E-state index in [1.54, 1.807) is 6.92 Å². The summed E-state index contributed by atoms with van der Waals surface area (Å²) in [6.07, 6.45) is -2.45. The van der Waals surface area contributed by atoms with E-state index >= 15 is 0 Å². The van der Waals surface area contributed by atoms with Crippen molar-refractivity contribution in [2.24, 2.45) is 5.16 Å². The molecule has 0 spiro atoms. The summed E-state index contributed by atoms with van der Waals surface area (Å²) in [5.74, 6) is -0.770. The van der Waals surface area contributed by atoms with Crippen molar-refractivity contribution in [1.29, 1.82) is 0 Å². The monoisotopic (exact) mass is 189 g/mol. The quantitative estimate of drug-likeness (QED) is 0.525. The maximum Gasteiger partial charge on any atom is 0.358 e. The maximum absolute atomic E-state index is 11.0. The molecule has 0 bridgehead atoms. The van der Waals surface area contributed by atoms with E-state index in [0.29, 0.717) is 0 Å². The predicted molar refractivity (Wildman–Crippen MR) is 42.0 cm³/mol. The highest BCUT2D eigenvalue weighted by Crippen LogP contribution is 2.06. The minimum absolute atomic E-state index is 0.121. The van der Waals surface area contributed by atoms with Crippen molar-refractivity contribution in [2.45, 2.75) is 19.1 Å². The minimum Gasteiger partial charge on any atom is -0.461 e. The van der Waals surface area contributed by atoms with E-state index in [-0.39, 0.29) is 18.9 Å². The maximum atomic E-state index is 11.0. The molecular formula is C7H11NO5. The average molecular weight is 189 g/mol. The Bertz CT molecular complexity index is 227. The Balaban J connectivity index is 2.67. The Kier molecular flexibility index (Phi) is 3.21. The Labute approximate surface area is 74.7 Å². The normalized spacial score (nSPS) is 27.5. The number of nitrogens with zero attached hydrogens (tertiary/aromatic N) is 1. The van der Waals surface area contributed by atoms with Crippen molar-refractivity contribution in [3.05, 3.63) is 0 Å². The van der Waals surface area contributed by atoms with E-state index in [4.69, 9.17) is 5.11 Å². The molecule has 13 heavy (non-hydrogen) atoms. The van der Waals surface area contributed by atoms with Crippen molar-refractivity contribution < 1.29 is 24.6 Å². The zero-order chi connectivity index (χ0) is 9.84. The van der Waals surface area contributed by atoms with Gasteiger partial charge in [-0.3, -0.25) is 0 Å². The van der Waals surface area contributed by atoms with Crippen LogP contribution in [-0.4, -0.2) is 47.3 Å². The Morgan fingerprint density at radius 1 is 1.77 bits per heavy atom. The molecule has 0 aromatic heterocycles.